The number of hydrogen-bond acceptors (Lipinski definition) is 3. The smallest absolute Gasteiger partial charge is 0.277 e. The van der Waals surface area contributed by atoms with Crippen molar-refractivity contribution in [1.82, 2.24) is 9.99 Å². The minimum absolute atomic E-state index is 0.125. The highest BCUT2D eigenvalue weighted by atomic mass is 35.5. The average Bonchev–Trinajstić information content (AvgIpc) is 3.28. The van der Waals surface area contributed by atoms with Gasteiger partial charge in [0.2, 0.25) is 0 Å². The number of aromatic nitrogens is 1. The van der Waals surface area contributed by atoms with Crippen molar-refractivity contribution in [3.8, 4) is 22.6 Å². The Morgan fingerprint density at radius 1 is 0.903 bits per heavy atom. The van der Waals surface area contributed by atoms with E-state index in [0.29, 0.717) is 10.8 Å². The molecule has 6 heteroatoms. The number of rotatable bonds is 7. The Kier molecular flexibility index (Phi) is 6.45. The first-order valence-electron chi connectivity index (χ1n) is 9.72. The van der Waals surface area contributed by atoms with E-state index in [9.17, 15) is 4.79 Å². The van der Waals surface area contributed by atoms with Gasteiger partial charge in [-0.2, -0.15) is 5.10 Å². The summed E-state index contributed by atoms with van der Waals surface area (Å²) in [6.45, 7) is -0.125. The van der Waals surface area contributed by atoms with Crippen LogP contribution in [0.25, 0.3) is 16.8 Å². The lowest BCUT2D eigenvalue weighted by Crippen LogP contribution is -2.24. The zero-order chi connectivity index (χ0) is 21.5. The fourth-order valence-electron chi connectivity index (χ4n) is 3.06. The molecular formula is C25H20ClN3O2. The first-order valence-corrected chi connectivity index (χ1v) is 10.1. The summed E-state index contributed by atoms with van der Waals surface area (Å²) < 4.78 is 7.49. The number of nitrogens with one attached hydrogen (secondary N) is 1. The van der Waals surface area contributed by atoms with Gasteiger partial charge in [0.1, 0.15) is 5.75 Å². The highest BCUT2D eigenvalue weighted by Crippen LogP contribution is 2.22. The molecule has 0 aliphatic heterocycles. The molecule has 0 atom stereocenters. The Morgan fingerprint density at radius 2 is 1.61 bits per heavy atom. The molecule has 1 aromatic heterocycles. The number of hydrogen-bond donors (Lipinski definition) is 1. The zero-order valence-electron chi connectivity index (χ0n) is 16.6. The van der Waals surface area contributed by atoms with E-state index in [-0.39, 0.29) is 12.5 Å². The van der Waals surface area contributed by atoms with E-state index in [2.05, 4.69) is 10.5 Å². The van der Waals surface area contributed by atoms with Gasteiger partial charge in [0.25, 0.3) is 5.91 Å². The van der Waals surface area contributed by atoms with Crippen LogP contribution in [0.2, 0.25) is 5.02 Å². The fraction of sp³-hybridized carbons (Fsp3) is 0.0400. The van der Waals surface area contributed by atoms with E-state index in [1.807, 2.05) is 102 Å². The van der Waals surface area contributed by atoms with Crippen molar-refractivity contribution >= 4 is 23.7 Å². The van der Waals surface area contributed by atoms with Crippen LogP contribution in [0.5, 0.6) is 5.75 Å². The van der Waals surface area contributed by atoms with Crippen molar-refractivity contribution < 1.29 is 9.53 Å². The number of benzene rings is 3. The summed E-state index contributed by atoms with van der Waals surface area (Å²) in [5.74, 6) is 0.281. The lowest BCUT2D eigenvalue weighted by atomic mass is 10.1. The largest absolute Gasteiger partial charge is 0.484 e. The van der Waals surface area contributed by atoms with Crippen LogP contribution in [0, 0.1) is 0 Å². The molecule has 0 aliphatic rings. The highest BCUT2D eigenvalue weighted by Gasteiger charge is 2.04. The van der Waals surface area contributed by atoms with Crippen molar-refractivity contribution in [3.05, 3.63) is 108 Å². The molecule has 0 aliphatic carbocycles. The summed E-state index contributed by atoms with van der Waals surface area (Å²) in [5.41, 5.74) is 6.47. The van der Waals surface area contributed by atoms with E-state index in [0.717, 1.165) is 22.5 Å². The monoisotopic (exact) mass is 429 g/mol. The summed E-state index contributed by atoms with van der Waals surface area (Å²) in [6.07, 6.45) is 3.50. The Labute approximate surface area is 185 Å². The lowest BCUT2D eigenvalue weighted by Gasteiger charge is -2.07. The first-order chi connectivity index (χ1) is 15.2. The molecule has 4 aromatic rings. The Bertz CT molecular complexity index is 1170. The molecule has 1 N–H and O–H groups in total. The van der Waals surface area contributed by atoms with Gasteiger partial charge in [0.05, 0.1) is 11.9 Å². The number of amides is 1. The number of halogens is 1. The lowest BCUT2D eigenvalue weighted by molar-refractivity contribution is -0.123. The van der Waals surface area contributed by atoms with Gasteiger partial charge < -0.3 is 9.30 Å². The normalized spacial score (nSPS) is 10.9. The van der Waals surface area contributed by atoms with Crippen LogP contribution >= 0.6 is 11.6 Å². The molecule has 31 heavy (non-hydrogen) atoms. The molecule has 1 heterocycles. The van der Waals surface area contributed by atoms with Crippen molar-refractivity contribution in [1.29, 1.82) is 0 Å². The minimum atomic E-state index is -0.340. The molecule has 0 fully saturated rings. The number of carbonyl (C=O) groups excluding carboxylic acids is 1. The van der Waals surface area contributed by atoms with Crippen LogP contribution in [-0.2, 0) is 4.79 Å². The number of carbonyl (C=O) groups is 1. The third-order valence-corrected chi connectivity index (χ3v) is 4.85. The summed E-state index contributed by atoms with van der Waals surface area (Å²) in [4.78, 5) is 12.1. The molecule has 0 spiro atoms. The van der Waals surface area contributed by atoms with Gasteiger partial charge in [-0.15, -0.1) is 0 Å². The molecule has 0 saturated heterocycles. The summed E-state index contributed by atoms with van der Waals surface area (Å²) in [6, 6.07) is 29.0. The van der Waals surface area contributed by atoms with Crippen molar-refractivity contribution in [3.63, 3.8) is 0 Å². The fourth-order valence-corrected chi connectivity index (χ4v) is 3.19. The number of nitrogens with zero attached hydrogens (tertiary/aromatic N) is 2. The molecule has 0 bridgehead atoms. The first kappa shape index (κ1) is 20.4. The van der Waals surface area contributed by atoms with Crippen LogP contribution < -0.4 is 10.2 Å². The predicted octanol–water partition coefficient (Wildman–Crippen LogP) is 5.33. The van der Waals surface area contributed by atoms with Gasteiger partial charge in [-0.05, 0) is 59.7 Å². The van der Waals surface area contributed by atoms with Crippen LogP contribution in [0.1, 0.15) is 5.69 Å². The predicted molar refractivity (Wildman–Crippen MR) is 124 cm³/mol. The van der Waals surface area contributed by atoms with E-state index < -0.39 is 0 Å². The molecule has 3 aromatic carbocycles. The molecule has 1 amide bonds. The maximum atomic E-state index is 12.1. The summed E-state index contributed by atoms with van der Waals surface area (Å²) in [5, 5.41) is 4.71. The topological polar surface area (TPSA) is 55.6 Å². The third-order valence-electron chi connectivity index (χ3n) is 4.60. The van der Waals surface area contributed by atoms with Gasteiger partial charge in [-0.3, -0.25) is 4.79 Å². The van der Waals surface area contributed by atoms with Crippen molar-refractivity contribution in [2.24, 2.45) is 5.10 Å². The maximum Gasteiger partial charge on any atom is 0.277 e. The minimum Gasteiger partial charge on any atom is -0.484 e. The van der Waals surface area contributed by atoms with Gasteiger partial charge in [0.15, 0.2) is 6.61 Å². The molecule has 0 radical (unpaired) electrons. The Hall–Kier alpha value is -3.83. The zero-order valence-corrected chi connectivity index (χ0v) is 17.4. The average molecular weight is 430 g/mol. The van der Waals surface area contributed by atoms with Gasteiger partial charge >= 0.3 is 0 Å². The second kappa shape index (κ2) is 9.78. The van der Waals surface area contributed by atoms with E-state index in [1.165, 1.54) is 0 Å². The van der Waals surface area contributed by atoms with Gasteiger partial charge in [0, 0.05) is 16.9 Å². The molecule has 0 unspecified atom stereocenters. The molecule has 0 saturated carbocycles. The van der Waals surface area contributed by atoms with E-state index in [4.69, 9.17) is 16.3 Å². The number of ether oxygens (including phenoxy) is 1. The third kappa shape index (κ3) is 5.41. The van der Waals surface area contributed by atoms with Crippen LogP contribution in [0.4, 0.5) is 0 Å². The van der Waals surface area contributed by atoms with E-state index in [1.54, 1.807) is 6.21 Å². The van der Waals surface area contributed by atoms with Crippen LogP contribution in [-0.4, -0.2) is 23.3 Å². The second-order valence-corrected chi connectivity index (χ2v) is 7.19. The van der Waals surface area contributed by atoms with Crippen LogP contribution in [0.3, 0.4) is 0 Å². The molecule has 154 valence electrons. The van der Waals surface area contributed by atoms with Crippen LogP contribution in [0.15, 0.2) is 102 Å². The number of hydrazone groups is 1. The molecule has 5 nitrogen and oxygen atoms in total. The Balaban J connectivity index is 1.30. The van der Waals surface area contributed by atoms with Crippen molar-refractivity contribution in [2.75, 3.05) is 6.61 Å². The maximum absolute atomic E-state index is 12.1. The van der Waals surface area contributed by atoms with Crippen molar-refractivity contribution in [2.45, 2.75) is 0 Å². The summed E-state index contributed by atoms with van der Waals surface area (Å²) >= 11 is 5.95. The van der Waals surface area contributed by atoms with Gasteiger partial charge in [-0.1, -0.05) is 54.1 Å². The molecule has 4 rings (SSSR count). The summed E-state index contributed by atoms with van der Waals surface area (Å²) in [7, 11) is 0. The standard InChI is InChI=1S/C25H20ClN3O2/c26-21-10-12-22(13-11-21)29-16-4-7-23(29)17-27-28-25(30)18-31-24-14-8-20(9-15-24)19-5-2-1-3-6-19/h1-17H,18H2,(H,28,30)/b27-17+. The SMILES string of the molecule is O=C(COc1ccc(-c2ccccc2)cc1)N/N=C/c1cccn1-c1ccc(Cl)cc1. The highest BCUT2D eigenvalue weighted by molar-refractivity contribution is 6.30. The van der Waals surface area contributed by atoms with E-state index >= 15 is 0 Å². The second-order valence-electron chi connectivity index (χ2n) is 6.75. The molecular weight excluding hydrogens is 410 g/mol. The Morgan fingerprint density at radius 3 is 2.35 bits per heavy atom. The quantitative estimate of drug-likeness (QED) is 0.319. The van der Waals surface area contributed by atoms with Gasteiger partial charge in [-0.25, -0.2) is 5.43 Å².